The number of carbonyl (C=O) groups is 1. The molecule has 2 aliphatic heterocycles. The van der Waals surface area contributed by atoms with Crippen molar-refractivity contribution in [2.24, 2.45) is 0 Å². The second kappa shape index (κ2) is 6.16. The summed E-state index contributed by atoms with van der Waals surface area (Å²) in [6, 6.07) is 5.92. The van der Waals surface area contributed by atoms with Gasteiger partial charge in [0, 0.05) is 25.3 Å². The summed E-state index contributed by atoms with van der Waals surface area (Å²) in [7, 11) is 4.94. The third-order valence-electron chi connectivity index (χ3n) is 4.90. The second-order valence-corrected chi connectivity index (χ2v) is 5.99. The fraction of sp³-hybridized carbons (Fsp3) is 0.588. The smallest absolute Gasteiger partial charge is 0.258 e. The summed E-state index contributed by atoms with van der Waals surface area (Å²) in [5.74, 6) is 1.31. The number of carbonyl (C=O) groups excluding carboxylic acids is 1. The van der Waals surface area contributed by atoms with E-state index in [9.17, 15) is 4.79 Å². The van der Waals surface area contributed by atoms with Crippen LogP contribution in [0.5, 0.6) is 11.5 Å². The van der Waals surface area contributed by atoms with Gasteiger partial charge in [0.1, 0.15) is 11.5 Å². The molecule has 2 bridgehead atoms. The number of hydrogen-bond acceptors (Lipinski definition) is 4. The molecule has 0 radical (unpaired) electrons. The molecule has 2 heterocycles. The molecule has 0 aliphatic carbocycles. The fourth-order valence-corrected chi connectivity index (χ4v) is 3.77. The van der Waals surface area contributed by atoms with Crippen LogP contribution >= 0.6 is 0 Å². The minimum atomic E-state index is 0.0570. The lowest BCUT2D eigenvalue weighted by molar-refractivity contribution is 0.00810. The van der Waals surface area contributed by atoms with E-state index >= 15 is 0 Å². The number of hydrogen-bond donors (Lipinski definition) is 0. The highest BCUT2D eigenvalue weighted by atomic mass is 16.5. The largest absolute Gasteiger partial charge is 0.497 e. The molecule has 2 atom stereocenters. The lowest BCUT2D eigenvalue weighted by Crippen LogP contribution is -2.48. The van der Waals surface area contributed by atoms with Gasteiger partial charge in [-0.15, -0.1) is 0 Å². The Morgan fingerprint density at radius 3 is 2.32 bits per heavy atom. The van der Waals surface area contributed by atoms with E-state index in [0.717, 1.165) is 25.7 Å². The van der Waals surface area contributed by atoms with Crippen LogP contribution in [0.3, 0.4) is 0 Å². The number of rotatable bonds is 4. The van der Waals surface area contributed by atoms with Crippen LogP contribution in [0.4, 0.5) is 0 Å². The zero-order valence-electron chi connectivity index (χ0n) is 13.4. The minimum absolute atomic E-state index is 0.0570. The van der Waals surface area contributed by atoms with Crippen LogP contribution < -0.4 is 9.47 Å². The van der Waals surface area contributed by atoms with Gasteiger partial charge >= 0.3 is 0 Å². The van der Waals surface area contributed by atoms with E-state index in [1.54, 1.807) is 39.5 Å². The van der Waals surface area contributed by atoms with Gasteiger partial charge in [-0.2, -0.15) is 0 Å². The maximum Gasteiger partial charge on any atom is 0.258 e. The molecule has 5 heteroatoms. The standard InChI is InChI=1S/C17H23NO4/c1-20-13-6-7-15(16(10-13)22-3)17(19)18-11-4-5-12(18)9-14(8-11)21-2/h6-7,10-12,14H,4-5,8-9H2,1-3H3. The van der Waals surface area contributed by atoms with Gasteiger partial charge in [0.05, 0.1) is 25.9 Å². The molecule has 0 aromatic heterocycles. The van der Waals surface area contributed by atoms with Crippen molar-refractivity contribution in [1.29, 1.82) is 0 Å². The molecule has 2 fully saturated rings. The Morgan fingerprint density at radius 1 is 1.09 bits per heavy atom. The van der Waals surface area contributed by atoms with Gasteiger partial charge in [-0.3, -0.25) is 4.79 Å². The van der Waals surface area contributed by atoms with Crippen LogP contribution in [0.1, 0.15) is 36.0 Å². The predicted molar refractivity (Wildman–Crippen MR) is 82.6 cm³/mol. The SMILES string of the molecule is COc1ccc(C(=O)N2C3CCC2CC(OC)C3)c(OC)c1. The quantitative estimate of drug-likeness (QED) is 0.857. The average molecular weight is 305 g/mol. The number of ether oxygens (including phenoxy) is 3. The van der Waals surface area contributed by atoms with E-state index < -0.39 is 0 Å². The Labute approximate surface area is 131 Å². The molecule has 2 unspecified atom stereocenters. The number of amides is 1. The van der Waals surface area contributed by atoms with Crippen LogP contribution in [-0.4, -0.2) is 50.3 Å². The average Bonchev–Trinajstić information content (AvgIpc) is 2.83. The van der Waals surface area contributed by atoms with Gasteiger partial charge in [-0.25, -0.2) is 0 Å². The van der Waals surface area contributed by atoms with E-state index in [2.05, 4.69) is 0 Å². The van der Waals surface area contributed by atoms with Gasteiger partial charge in [0.25, 0.3) is 5.91 Å². The van der Waals surface area contributed by atoms with Crippen molar-refractivity contribution in [3.05, 3.63) is 23.8 Å². The molecule has 2 saturated heterocycles. The molecule has 1 aromatic carbocycles. The van der Waals surface area contributed by atoms with Crippen molar-refractivity contribution in [3.8, 4) is 11.5 Å². The third-order valence-corrected chi connectivity index (χ3v) is 4.90. The van der Waals surface area contributed by atoms with Gasteiger partial charge in [-0.05, 0) is 37.8 Å². The summed E-state index contributed by atoms with van der Waals surface area (Å²) in [4.78, 5) is 15.0. The van der Waals surface area contributed by atoms with Crippen LogP contribution in [-0.2, 0) is 4.74 Å². The maximum absolute atomic E-state index is 13.0. The summed E-state index contributed by atoms with van der Waals surface area (Å²) in [6.45, 7) is 0. The zero-order valence-corrected chi connectivity index (χ0v) is 13.4. The van der Waals surface area contributed by atoms with E-state index in [1.807, 2.05) is 4.90 Å². The number of benzene rings is 1. The van der Waals surface area contributed by atoms with Gasteiger partial charge in [0.2, 0.25) is 0 Å². The Morgan fingerprint density at radius 2 is 1.77 bits per heavy atom. The number of nitrogens with zero attached hydrogens (tertiary/aromatic N) is 1. The summed E-state index contributed by atoms with van der Waals surface area (Å²) < 4.78 is 16.1. The molecule has 22 heavy (non-hydrogen) atoms. The molecule has 2 aliphatic rings. The van der Waals surface area contributed by atoms with Gasteiger partial charge in [-0.1, -0.05) is 0 Å². The van der Waals surface area contributed by atoms with Crippen LogP contribution in [0.2, 0.25) is 0 Å². The van der Waals surface area contributed by atoms with Crippen molar-refractivity contribution < 1.29 is 19.0 Å². The Kier molecular flexibility index (Phi) is 4.25. The molecule has 1 aromatic rings. The minimum Gasteiger partial charge on any atom is -0.497 e. The summed E-state index contributed by atoms with van der Waals surface area (Å²) >= 11 is 0. The highest BCUT2D eigenvalue weighted by Gasteiger charge is 2.44. The predicted octanol–water partition coefficient (Wildman–Crippen LogP) is 2.49. The monoisotopic (exact) mass is 305 g/mol. The fourth-order valence-electron chi connectivity index (χ4n) is 3.77. The molecule has 1 amide bonds. The molecule has 0 saturated carbocycles. The molecule has 120 valence electrons. The van der Waals surface area contributed by atoms with E-state index in [-0.39, 0.29) is 24.1 Å². The normalized spacial score (nSPS) is 26.9. The number of piperidine rings is 1. The van der Waals surface area contributed by atoms with Gasteiger partial charge in [0.15, 0.2) is 0 Å². The van der Waals surface area contributed by atoms with Crippen molar-refractivity contribution in [2.75, 3.05) is 21.3 Å². The first kappa shape index (κ1) is 15.2. The van der Waals surface area contributed by atoms with E-state index in [4.69, 9.17) is 14.2 Å². The number of fused-ring (bicyclic) bond motifs is 2. The molecular formula is C17H23NO4. The Balaban J connectivity index is 1.86. The molecule has 0 spiro atoms. The van der Waals surface area contributed by atoms with E-state index in [0.29, 0.717) is 17.1 Å². The molecule has 5 nitrogen and oxygen atoms in total. The first-order valence-corrected chi connectivity index (χ1v) is 7.75. The molecule has 3 rings (SSSR count). The summed E-state index contributed by atoms with van der Waals surface area (Å²) in [5, 5.41) is 0. The lowest BCUT2D eigenvalue weighted by atomic mass is 9.98. The first-order valence-electron chi connectivity index (χ1n) is 7.75. The Bertz CT molecular complexity index is 546. The highest BCUT2D eigenvalue weighted by Crippen LogP contribution is 2.39. The molecular weight excluding hydrogens is 282 g/mol. The van der Waals surface area contributed by atoms with Crippen molar-refractivity contribution >= 4 is 5.91 Å². The number of methoxy groups -OCH3 is 3. The third kappa shape index (κ3) is 2.54. The molecule has 0 N–H and O–H groups in total. The van der Waals surface area contributed by atoms with Crippen molar-refractivity contribution in [2.45, 2.75) is 43.9 Å². The maximum atomic E-state index is 13.0. The van der Waals surface area contributed by atoms with E-state index in [1.165, 1.54) is 0 Å². The summed E-state index contributed by atoms with van der Waals surface area (Å²) in [6.07, 6.45) is 4.26. The van der Waals surface area contributed by atoms with Crippen LogP contribution in [0.15, 0.2) is 18.2 Å². The first-order chi connectivity index (χ1) is 10.7. The van der Waals surface area contributed by atoms with Crippen LogP contribution in [0, 0.1) is 0 Å². The topological polar surface area (TPSA) is 48.0 Å². The summed E-state index contributed by atoms with van der Waals surface area (Å²) in [5.41, 5.74) is 0.607. The van der Waals surface area contributed by atoms with Crippen molar-refractivity contribution in [3.63, 3.8) is 0 Å². The lowest BCUT2D eigenvalue weighted by Gasteiger charge is -2.38. The van der Waals surface area contributed by atoms with Gasteiger partial charge < -0.3 is 19.1 Å². The zero-order chi connectivity index (χ0) is 15.7. The highest BCUT2D eigenvalue weighted by molar-refractivity contribution is 5.97. The van der Waals surface area contributed by atoms with Crippen molar-refractivity contribution in [1.82, 2.24) is 4.90 Å². The Hall–Kier alpha value is -1.75. The second-order valence-electron chi connectivity index (χ2n) is 5.99. The van der Waals surface area contributed by atoms with Crippen LogP contribution in [0.25, 0.3) is 0 Å².